The summed E-state index contributed by atoms with van der Waals surface area (Å²) < 4.78 is 0. The largest absolute Gasteiger partial charge is 0.316 e. The van der Waals surface area contributed by atoms with Crippen LogP contribution in [0.1, 0.15) is 42.7 Å². The number of hydrogen-bond acceptors (Lipinski definition) is 1. The second kappa shape index (κ2) is 3.89. The molecule has 1 atom stereocenters. The van der Waals surface area contributed by atoms with E-state index in [0.717, 1.165) is 5.92 Å². The molecule has 1 saturated heterocycles. The van der Waals surface area contributed by atoms with Crippen LogP contribution in [0.5, 0.6) is 0 Å². The van der Waals surface area contributed by atoms with Crippen LogP contribution < -0.4 is 5.32 Å². The van der Waals surface area contributed by atoms with Crippen LogP contribution in [-0.2, 0) is 0 Å². The molecule has 0 aromatic heterocycles. The molecule has 1 aromatic rings. The predicted octanol–water partition coefficient (Wildman–Crippen LogP) is 3.24. The van der Waals surface area contributed by atoms with E-state index in [2.05, 4.69) is 36.5 Å². The maximum Gasteiger partial charge on any atom is 0.00347 e. The molecule has 1 heteroatoms. The van der Waals surface area contributed by atoms with Crippen molar-refractivity contribution >= 4 is 0 Å². The quantitative estimate of drug-likeness (QED) is 0.758. The van der Waals surface area contributed by atoms with Gasteiger partial charge in [0.15, 0.2) is 0 Å². The van der Waals surface area contributed by atoms with Crippen molar-refractivity contribution in [1.29, 1.82) is 0 Å². The highest BCUT2D eigenvalue weighted by molar-refractivity contribution is 5.33. The van der Waals surface area contributed by atoms with Crippen molar-refractivity contribution in [1.82, 2.24) is 5.32 Å². The monoisotopic (exact) mass is 215 g/mol. The summed E-state index contributed by atoms with van der Waals surface area (Å²) in [7, 11) is 0. The summed E-state index contributed by atoms with van der Waals surface area (Å²) in [6, 6.07) is 8.95. The van der Waals surface area contributed by atoms with E-state index in [4.69, 9.17) is 0 Å². The van der Waals surface area contributed by atoms with Crippen LogP contribution in [0.15, 0.2) is 24.3 Å². The Kier molecular flexibility index (Phi) is 2.51. The van der Waals surface area contributed by atoms with Crippen LogP contribution in [0.3, 0.4) is 0 Å². The predicted molar refractivity (Wildman–Crippen MR) is 67.7 cm³/mol. The first-order chi connectivity index (χ1) is 7.82. The summed E-state index contributed by atoms with van der Waals surface area (Å²) in [6.45, 7) is 4.69. The summed E-state index contributed by atoms with van der Waals surface area (Å²) in [6.07, 6.45) is 5.73. The first-order valence-corrected chi connectivity index (χ1v) is 6.58. The molecule has 86 valence electrons. The Balaban J connectivity index is 1.97. The fraction of sp³-hybridized carbons (Fsp3) is 0.600. The Labute approximate surface area is 98.3 Å². The number of hydrogen-bond donors (Lipinski definition) is 1. The number of aryl methyl sites for hydroxylation is 1. The number of nitrogens with one attached hydrogen (secondary N) is 1. The smallest absolute Gasteiger partial charge is 0.00347 e. The molecule has 1 nitrogen and oxygen atoms in total. The second-order valence-corrected chi connectivity index (χ2v) is 5.61. The van der Waals surface area contributed by atoms with Gasteiger partial charge in [-0.05, 0) is 36.3 Å². The third-order valence-corrected chi connectivity index (χ3v) is 4.73. The molecule has 0 amide bonds. The maximum absolute atomic E-state index is 3.63. The number of benzene rings is 1. The van der Waals surface area contributed by atoms with Crippen molar-refractivity contribution in [3.8, 4) is 0 Å². The van der Waals surface area contributed by atoms with Gasteiger partial charge in [-0.3, -0.25) is 0 Å². The first kappa shape index (κ1) is 10.3. The van der Waals surface area contributed by atoms with E-state index in [9.17, 15) is 0 Å². The zero-order valence-electron chi connectivity index (χ0n) is 10.1. The summed E-state index contributed by atoms with van der Waals surface area (Å²) in [5.41, 5.74) is 3.66. The Bertz CT molecular complexity index is 371. The van der Waals surface area contributed by atoms with Gasteiger partial charge in [0.05, 0.1) is 0 Å². The lowest BCUT2D eigenvalue weighted by Crippen LogP contribution is -2.25. The van der Waals surface area contributed by atoms with Crippen molar-refractivity contribution < 1.29 is 0 Å². The van der Waals surface area contributed by atoms with Gasteiger partial charge in [0, 0.05) is 19.0 Å². The molecule has 0 radical (unpaired) electrons. The average molecular weight is 215 g/mol. The average Bonchev–Trinajstić information content (AvgIpc) is 2.91. The SMILES string of the molecule is Cc1ccccc1[C@H]1CNCC12CCCC2. The zero-order valence-corrected chi connectivity index (χ0v) is 10.1. The normalized spacial score (nSPS) is 27.7. The lowest BCUT2D eigenvalue weighted by molar-refractivity contribution is 0.294. The minimum absolute atomic E-state index is 0.589. The van der Waals surface area contributed by atoms with Crippen LogP contribution in [0, 0.1) is 12.3 Å². The van der Waals surface area contributed by atoms with Crippen molar-refractivity contribution in [2.45, 2.75) is 38.5 Å². The van der Waals surface area contributed by atoms with Gasteiger partial charge in [0.1, 0.15) is 0 Å². The summed E-state index contributed by atoms with van der Waals surface area (Å²) in [4.78, 5) is 0. The van der Waals surface area contributed by atoms with E-state index < -0.39 is 0 Å². The highest BCUT2D eigenvalue weighted by atomic mass is 14.9. The Morgan fingerprint density at radius 1 is 1.19 bits per heavy atom. The number of rotatable bonds is 1. The third kappa shape index (κ3) is 1.49. The Hall–Kier alpha value is -0.820. The maximum atomic E-state index is 3.63. The molecule has 16 heavy (non-hydrogen) atoms. The Morgan fingerprint density at radius 3 is 2.69 bits per heavy atom. The standard InChI is InChI=1S/C15H21N/c1-12-6-2-3-7-13(12)14-10-16-11-15(14)8-4-5-9-15/h2-3,6-7,14,16H,4-5,8-11H2,1H3/t14-/m1/s1. The van der Waals surface area contributed by atoms with E-state index >= 15 is 0 Å². The van der Waals surface area contributed by atoms with Crippen molar-refractivity contribution in [2.75, 3.05) is 13.1 Å². The minimum Gasteiger partial charge on any atom is -0.316 e. The lowest BCUT2D eigenvalue weighted by Gasteiger charge is -2.31. The van der Waals surface area contributed by atoms with Gasteiger partial charge >= 0.3 is 0 Å². The van der Waals surface area contributed by atoms with Crippen LogP contribution in [0.25, 0.3) is 0 Å². The van der Waals surface area contributed by atoms with Crippen LogP contribution in [0.2, 0.25) is 0 Å². The Morgan fingerprint density at radius 2 is 1.94 bits per heavy atom. The topological polar surface area (TPSA) is 12.0 Å². The minimum atomic E-state index is 0.589. The fourth-order valence-electron chi connectivity index (χ4n) is 3.83. The molecule has 1 saturated carbocycles. The molecular weight excluding hydrogens is 194 g/mol. The zero-order chi connectivity index (χ0) is 11.0. The molecule has 0 unspecified atom stereocenters. The van der Waals surface area contributed by atoms with Crippen molar-refractivity contribution in [3.63, 3.8) is 0 Å². The van der Waals surface area contributed by atoms with Gasteiger partial charge in [-0.25, -0.2) is 0 Å². The molecule has 1 aliphatic carbocycles. The van der Waals surface area contributed by atoms with Crippen molar-refractivity contribution in [2.24, 2.45) is 5.41 Å². The molecule has 3 rings (SSSR count). The second-order valence-electron chi connectivity index (χ2n) is 5.61. The lowest BCUT2D eigenvalue weighted by atomic mass is 9.72. The van der Waals surface area contributed by atoms with Crippen LogP contribution >= 0.6 is 0 Å². The van der Waals surface area contributed by atoms with E-state index in [1.54, 1.807) is 5.56 Å². The van der Waals surface area contributed by atoms with E-state index in [0.29, 0.717) is 5.41 Å². The summed E-state index contributed by atoms with van der Waals surface area (Å²) in [5, 5.41) is 3.63. The first-order valence-electron chi connectivity index (χ1n) is 6.58. The molecule has 1 spiro atoms. The van der Waals surface area contributed by atoms with Gasteiger partial charge in [-0.2, -0.15) is 0 Å². The molecule has 1 aromatic carbocycles. The molecular formula is C15H21N. The van der Waals surface area contributed by atoms with Gasteiger partial charge in [-0.15, -0.1) is 0 Å². The molecule has 2 fully saturated rings. The van der Waals surface area contributed by atoms with Crippen LogP contribution in [0.4, 0.5) is 0 Å². The third-order valence-electron chi connectivity index (χ3n) is 4.73. The van der Waals surface area contributed by atoms with Crippen LogP contribution in [-0.4, -0.2) is 13.1 Å². The highest BCUT2D eigenvalue weighted by Gasteiger charge is 2.45. The van der Waals surface area contributed by atoms with Gasteiger partial charge in [0.2, 0.25) is 0 Å². The van der Waals surface area contributed by atoms with E-state index in [-0.39, 0.29) is 0 Å². The van der Waals surface area contributed by atoms with Crippen molar-refractivity contribution in [3.05, 3.63) is 35.4 Å². The fourth-order valence-corrected chi connectivity index (χ4v) is 3.83. The van der Waals surface area contributed by atoms with Gasteiger partial charge in [0.25, 0.3) is 0 Å². The van der Waals surface area contributed by atoms with Gasteiger partial charge in [-0.1, -0.05) is 37.1 Å². The summed E-state index contributed by atoms with van der Waals surface area (Å²) >= 11 is 0. The van der Waals surface area contributed by atoms with E-state index in [1.807, 2.05) is 0 Å². The molecule has 0 bridgehead atoms. The van der Waals surface area contributed by atoms with Gasteiger partial charge < -0.3 is 5.32 Å². The summed E-state index contributed by atoms with van der Waals surface area (Å²) in [5.74, 6) is 0.760. The van der Waals surface area contributed by atoms with E-state index in [1.165, 1.54) is 44.3 Å². The molecule has 1 N–H and O–H groups in total. The highest BCUT2D eigenvalue weighted by Crippen LogP contribution is 2.51. The molecule has 1 heterocycles. The molecule has 2 aliphatic rings. The molecule has 1 aliphatic heterocycles.